The van der Waals surface area contributed by atoms with Crippen LogP contribution in [0.2, 0.25) is 0 Å². The number of halogens is 1. The number of benzene rings is 1. The zero-order valence-electron chi connectivity index (χ0n) is 17.5. The number of nitrogens with zero attached hydrogens (tertiary/aromatic N) is 4. The molecule has 4 heterocycles. The molecule has 1 aliphatic heterocycles. The Hall–Kier alpha value is -3.55. The van der Waals surface area contributed by atoms with Crippen LogP contribution < -0.4 is 0 Å². The molecule has 0 bridgehead atoms. The van der Waals surface area contributed by atoms with Crippen molar-refractivity contribution in [3.05, 3.63) is 77.2 Å². The van der Waals surface area contributed by atoms with Crippen molar-refractivity contribution < 1.29 is 13.6 Å². The average Bonchev–Trinajstić information content (AvgIpc) is 3.38. The van der Waals surface area contributed by atoms with Crippen LogP contribution in [-0.2, 0) is 12.1 Å². The largest absolute Gasteiger partial charge is 0.432 e. The van der Waals surface area contributed by atoms with Gasteiger partial charge >= 0.3 is 0 Å². The Kier molecular flexibility index (Phi) is 4.39. The summed E-state index contributed by atoms with van der Waals surface area (Å²) in [5.74, 6) is -0.411. The van der Waals surface area contributed by atoms with Gasteiger partial charge in [-0.2, -0.15) is 0 Å². The van der Waals surface area contributed by atoms with Crippen LogP contribution in [0.1, 0.15) is 59.1 Å². The second kappa shape index (κ2) is 7.01. The first kappa shape index (κ1) is 19.4. The van der Waals surface area contributed by atoms with Crippen LogP contribution in [0, 0.1) is 6.92 Å². The van der Waals surface area contributed by atoms with Crippen LogP contribution >= 0.6 is 0 Å². The molecule has 31 heavy (non-hydrogen) atoms. The number of aromatic amines is 1. The topological polar surface area (TPSA) is 87.9 Å². The normalized spacial score (nSPS) is 16.5. The van der Waals surface area contributed by atoms with Crippen LogP contribution in [-0.4, -0.2) is 37.3 Å². The predicted molar refractivity (Wildman–Crippen MR) is 112 cm³/mol. The standard InChI is InChI=1S/C23H22FN5O2/c1-13-20(31-22(27-13)23(2,3)24)21(30)29-11-10-16-18(26-12-25-16)19(29)17-9-8-14-6-4-5-7-15(14)28-17/h4-9,12,19H,10-11H2,1-3H3,(H,25,26)/t19-/m0/s1. The summed E-state index contributed by atoms with van der Waals surface area (Å²) in [5, 5.41) is 1.02. The van der Waals surface area contributed by atoms with Gasteiger partial charge < -0.3 is 14.3 Å². The van der Waals surface area contributed by atoms with Gasteiger partial charge in [-0.25, -0.2) is 14.4 Å². The number of carbonyl (C=O) groups is 1. The summed E-state index contributed by atoms with van der Waals surface area (Å²) >= 11 is 0. The molecule has 1 N–H and O–H groups in total. The summed E-state index contributed by atoms with van der Waals surface area (Å²) in [6.07, 6.45) is 2.26. The SMILES string of the molecule is Cc1nc(C(C)(C)F)oc1C(=O)N1CCc2[nH]cnc2[C@@H]1c1ccc2ccccc2n1. The number of oxazole rings is 1. The molecule has 3 aromatic heterocycles. The molecule has 4 aromatic rings. The lowest BCUT2D eigenvalue weighted by Crippen LogP contribution is -2.41. The van der Waals surface area contributed by atoms with Gasteiger partial charge in [-0.05, 0) is 32.9 Å². The molecule has 0 fully saturated rings. The number of pyridine rings is 1. The fourth-order valence-electron chi connectivity index (χ4n) is 4.01. The summed E-state index contributed by atoms with van der Waals surface area (Å²) in [4.78, 5) is 31.8. The molecular formula is C23H22FN5O2. The number of para-hydroxylation sites is 1. The highest BCUT2D eigenvalue weighted by Crippen LogP contribution is 2.35. The van der Waals surface area contributed by atoms with E-state index in [1.54, 1.807) is 18.2 Å². The molecule has 7 nitrogen and oxygen atoms in total. The zero-order chi connectivity index (χ0) is 21.8. The average molecular weight is 419 g/mol. The van der Waals surface area contributed by atoms with Crippen molar-refractivity contribution in [1.29, 1.82) is 0 Å². The van der Waals surface area contributed by atoms with Gasteiger partial charge in [0.15, 0.2) is 5.67 Å². The highest BCUT2D eigenvalue weighted by Gasteiger charge is 2.38. The van der Waals surface area contributed by atoms with Gasteiger partial charge in [0.1, 0.15) is 6.04 Å². The second-order valence-electron chi connectivity index (χ2n) is 8.25. The maximum Gasteiger partial charge on any atom is 0.292 e. The van der Waals surface area contributed by atoms with Crippen molar-refractivity contribution in [3.63, 3.8) is 0 Å². The number of hydrogen-bond donors (Lipinski definition) is 1. The van der Waals surface area contributed by atoms with Gasteiger partial charge in [0.25, 0.3) is 5.91 Å². The Morgan fingerprint density at radius 2 is 2.03 bits per heavy atom. The van der Waals surface area contributed by atoms with E-state index in [0.29, 0.717) is 24.4 Å². The van der Waals surface area contributed by atoms with E-state index in [1.165, 1.54) is 13.8 Å². The number of alkyl halides is 1. The van der Waals surface area contributed by atoms with Gasteiger partial charge in [-0.1, -0.05) is 24.3 Å². The molecule has 0 unspecified atom stereocenters. The van der Waals surface area contributed by atoms with Gasteiger partial charge in [-0.3, -0.25) is 9.78 Å². The summed E-state index contributed by atoms with van der Waals surface area (Å²) in [7, 11) is 0. The minimum absolute atomic E-state index is 0.0468. The van der Waals surface area contributed by atoms with Crippen LogP contribution in [0.15, 0.2) is 47.1 Å². The quantitative estimate of drug-likeness (QED) is 0.536. The predicted octanol–water partition coefficient (Wildman–Crippen LogP) is 4.25. The lowest BCUT2D eigenvalue weighted by molar-refractivity contribution is 0.0643. The van der Waals surface area contributed by atoms with E-state index in [2.05, 4.69) is 15.0 Å². The molecule has 0 aliphatic carbocycles. The van der Waals surface area contributed by atoms with Crippen molar-refractivity contribution in [3.8, 4) is 0 Å². The van der Waals surface area contributed by atoms with E-state index in [0.717, 1.165) is 22.3 Å². The monoisotopic (exact) mass is 419 g/mol. The Morgan fingerprint density at radius 1 is 1.23 bits per heavy atom. The van der Waals surface area contributed by atoms with E-state index in [1.807, 2.05) is 36.4 Å². The minimum atomic E-state index is -1.78. The zero-order valence-corrected chi connectivity index (χ0v) is 17.5. The van der Waals surface area contributed by atoms with Crippen molar-refractivity contribution in [2.45, 2.75) is 38.9 Å². The molecule has 8 heteroatoms. The first-order chi connectivity index (χ1) is 14.8. The van der Waals surface area contributed by atoms with E-state index in [4.69, 9.17) is 9.40 Å². The third-order valence-electron chi connectivity index (χ3n) is 5.59. The fraction of sp³-hybridized carbons (Fsp3) is 0.304. The smallest absolute Gasteiger partial charge is 0.292 e. The molecule has 0 saturated carbocycles. The maximum atomic E-state index is 14.4. The summed E-state index contributed by atoms with van der Waals surface area (Å²) in [6.45, 7) is 4.80. The van der Waals surface area contributed by atoms with Gasteiger partial charge in [-0.15, -0.1) is 0 Å². The second-order valence-corrected chi connectivity index (χ2v) is 8.25. The van der Waals surface area contributed by atoms with Gasteiger partial charge in [0.2, 0.25) is 11.7 Å². The number of hydrogen-bond acceptors (Lipinski definition) is 5. The first-order valence-corrected chi connectivity index (χ1v) is 10.2. The number of amides is 1. The Morgan fingerprint density at radius 3 is 2.81 bits per heavy atom. The summed E-state index contributed by atoms with van der Waals surface area (Å²) in [5.41, 5.74) is 1.87. The number of rotatable bonds is 3. The lowest BCUT2D eigenvalue weighted by Gasteiger charge is -2.34. The molecule has 0 saturated heterocycles. The molecule has 0 radical (unpaired) electrons. The van der Waals surface area contributed by atoms with E-state index in [9.17, 15) is 9.18 Å². The molecule has 1 amide bonds. The Labute approximate surface area is 178 Å². The number of fused-ring (bicyclic) bond motifs is 2. The van der Waals surface area contributed by atoms with E-state index >= 15 is 0 Å². The number of aromatic nitrogens is 4. The lowest BCUT2D eigenvalue weighted by atomic mass is 9.98. The third kappa shape index (κ3) is 3.28. The molecule has 0 spiro atoms. The van der Waals surface area contributed by atoms with Crippen molar-refractivity contribution in [1.82, 2.24) is 24.8 Å². The van der Waals surface area contributed by atoms with Gasteiger partial charge in [0, 0.05) is 24.0 Å². The van der Waals surface area contributed by atoms with Crippen molar-refractivity contribution in [2.24, 2.45) is 0 Å². The molecule has 1 atom stereocenters. The van der Waals surface area contributed by atoms with Crippen LogP contribution in [0.4, 0.5) is 4.39 Å². The third-order valence-corrected chi connectivity index (χ3v) is 5.59. The fourth-order valence-corrected chi connectivity index (χ4v) is 4.01. The first-order valence-electron chi connectivity index (χ1n) is 10.2. The molecular weight excluding hydrogens is 397 g/mol. The molecule has 158 valence electrons. The summed E-state index contributed by atoms with van der Waals surface area (Å²) in [6, 6.07) is 11.2. The maximum absolute atomic E-state index is 14.4. The van der Waals surface area contributed by atoms with Crippen molar-refractivity contribution in [2.75, 3.05) is 6.54 Å². The minimum Gasteiger partial charge on any atom is -0.432 e. The Balaban J connectivity index is 1.60. The van der Waals surface area contributed by atoms with E-state index in [-0.39, 0.29) is 17.6 Å². The van der Waals surface area contributed by atoms with E-state index < -0.39 is 11.7 Å². The van der Waals surface area contributed by atoms with Crippen molar-refractivity contribution >= 4 is 16.8 Å². The van der Waals surface area contributed by atoms with Crippen LogP contribution in [0.5, 0.6) is 0 Å². The number of nitrogens with one attached hydrogen (secondary N) is 1. The molecule has 5 rings (SSSR count). The number of aryl methyl sites for hydroxylation is 1. The molecule has 1 aliphatic rings. The highest BCUT2D eigenvalue weighted by molar-refractivity contribution is 5.93. The number of imidazole rings is 1. The van der Waals surface area contributed by atoms with Gasteiger partial charge in [0.05, 0.1) is 28.9 Å². The Bertz CT molecular complexity index is 1290. The van der Waals surface area contributed by atoms with Crippen LogP contribution in [0.25, 0.3) is 10.9 Å². The summed E-state index contributed by atoms with van der Waals surface area (Å²) < 4.78 is 20.0. The molecule has 1 aromatic carbocycles. The number of H-pyrrole nitrogens is 1. The van der Waals surface area contributed by atoms with Crippen LogP contribution in [0.3, 0.4) is 0 Å². The highest BCUT2D eigenvalue weighted by atomic mass is 19.1. The number of carbonyl (C=O) groups excluding carboxylic acids is 1.